The van der Waals surface area contributed by atoms with Crippen molar-refractivity contribution in [2.45, 2.75) is 0 Å². The molecule has 0 radical (unpaired) electrons. The Hall–Kier alpha value is -5.98. The molecule has 9 rings (SSSR count). The maximum atomic E-state index is 2.32. The fourth-order valence-corrected chi connectivity index (χ4v) is 7.50. The summed E-state index contributed by atoms with van der Waals surface area (Å²) in [5.74, 6) is 0. The average molecular weight is 583 g/mol. The minimum atomic E-state index is 1.23. The van der Waals surface area contributed by atoms with Gasteiger partial charge in [0.05, 0.1) is 0 Å². The van der Waals surface area contributed by atoms with Gasteiger partial charge >= 0.3 is 0 Å². The zero-order valence-electron chi connectivity index (χ0n) is 25.3. The zero-order chi connectivity index (χ0) is 30.5. The van der Waals surface area contributed by atoms with Crippen LogP contribution in [0.15, 0.2) is 182 Å². The average Bonchev–Trinajstić information content (AvgIpc) is 3.14. The molecule has 0 bridgehead atoms. The van der Waals surface area contributed by atoms with Crippen molar-refractivity contribution in [1.82, 2.24) is 0 Å². The van der Waals surface area contributed by atoms with Gasteiger partial charge in [0.25, 0.3) is 0 Å². The monoisotopic (exact) mass is 582 g/mol. The molecule has 9 aromatic rings. The van der Waals surface area contributed by atoms with Crippen molar-refractivity contribution in [1.29, 1.82) is 0 Å². The van der Waals surface area contributed by atoms with Crippen LogP contribution in [-0.2, 0) is 0 Å². The van der Waals surface area contributed by atoms with Crippen LogP contribution in [0.2, 0.25) is 0 Å². The molecule has 0 aliphatic rings. The van der Waals surface area contributed by atoms with Crippen LogP contribution in [0.4, 0.5) is 0 Å². The number of rotatable bonds is 4. The van der Waals surface area contributed by atoms with Crippen molar-refractivity contribution in [3.05, 3.63) is 182 Å². The molecule has 0 amide bonds. The molecular formula is C46H30. The fraction of sp³-hybridized carbons (Fsp3) is 0. The molecule has 46 heavy (non-hydrogen) atoms. The van der Waals surface area contributed by atoms with E-state index in [0.717, 1.165) is 0 Å². The third-order valence-electron chi connectivity index (χ3n) is 9.47. The fourth-order valence-electron chi connectivity index (χ4n) is 7.50. The summed E-state index contributed by atoms with van der Waals surface area (Å²) < 4.78 is 0. The van der Waals surface area contributed by atoms with E-state index in [4.69, 9.17) is 0 Å². The zero-order valence-corrected chi connectivity index (χ0v) is 25.3. The second kappa shape index (κ2) is 10.9. The highest BCUT2D eigenvalue weighted by atomic mass is 14.2. The Morgan fingerprint density at radius 3 is 1.28 bits per heavy atom. The van der Waals surface area contributed by atoms with Gasteiger partial charge < -0.3 is 0 Å². The standard InChI is InChI=1S/C46H30/c1-3-15-31(16-4-1)34-20-7-8-21-37(34)45-40-22-9-11-24-42(40)46(43-25-12-10-23-41(43)45)39-28-14-27-38-36(39)30-29-33-19-13-26-35(44(33)38)32-17-5-2-6-18-32/h1-30H. The Morgan fingerprint density at radius 2 is 0.652 bits per heavy atom. The molecule has 0 spiro atoms. The first-order valence-electron chi connectivity index (χ1n) is 16.0. The van der Waals surface area contributed by atoms with Gasteiger partial charge in [-0.05, 0) is 87.6 Å². The van der Waals surface area contributed by atoms with Gasteiger partial charge in [0, 0.05) is 0 Å². The van der Waals surface area contributed by atoms with E-state index in [1.807, 2.05) is 0 Å². The van der Waals surface area contributed by atoms with Crippen LogP contribution in [0.1, 0.15) is 0 Å². The summed E-state index contributed by atoms with van der Waals surface area (Å²) >= 11 is 0. The van der Waals surface area contributed by atoms with E-state index in [-0.39, 0.29) is 0 Å². The first-order chi connectivity index (χ1) is 22.9. The molecule has 0 saturated heterocycles. The highest BCUT2D eigenvalue weighted by molar-refractivity contribution is 6.26. The smallest absolute Gasteiger partial charge is 0.00201 e. The van der Waals surface area contributed by atoms with Crippen molar-refractivity contribution in [3.63, 3.8) is 0 Å². The van der Waals surface area contributed by atoms with Gasteiger partial charge in [-0.25, -0.2) is 0 Å². The second-order valence-electron chi connectivity index (χ2n) is 12.0. The third kappa shape index (κ3) is 4.15. The third-order valence-corrected chi connectivity index (χ3v) is 9.47. The Labute approximate surface area is 268 Å². The van der Waals surface area contributed by atoms with Crippen LogP contribution in [0.25, 0.3) is 87.6 Å². The first-order valence-corrected chi connectivity index (χ1v) is 16.0. The highest BCUT2D eigenvalue weighted by Crippen LogP contribution is 2.48. The maximum Gasteiger partial charge on any atom is -0.00201 e. The lowest BCUT2D eigenvalue weighted by atomic mass is 9.82. The summed E-state index contributed by atoms with van der Waals surface area (Å²) in [4.78, 5) is 0. The van der Waals surface area contributed by atoms with Crippen LogP contribution >= 0.6 is 0 Å². The van der Waals surface area contributed by atoms with E-state index in [1.54, 1.807) is 0 Å². The lowest BCUT2D eigenvalue weighted by molar-refractivity contribution is 1.61. The second-order valence-corrected chi connectivity index (χ2v) is 12.0. The summed E-state index contributed by atoms with van der Waals surface area (Å²) in [7, 11) is 0. The van der Waals surface area contributed by atoms with Gasteiger partial charge in [-0.3, -0.25) is 0 Å². The molecule has 0 aliphatic carbocycles. The molecular weight excluding hydrogens is 553 g/mol. The minimum Gasteiger partial charge on any atom is -0.0622 e. The Balaban J connectivity index is 1.39. The van der Waals surface area contributed by atoms with Gasteiger partial charge in [0.2, 0.25) is 0 Å². The number of benzene rings is 9. The Kier molecular flexibility index (Phi) is 6.25. The van der Waals surface area contributed by atoms with Crippen LogP contribution < -0.4 is 0 Å². The predicted octanol–water partition coefficient (Wildman–Crippen LogP) is 13.0. The molecule has 0 saturated carbocycles. The molecule has 214 valence electrons. The van der Waals surface area contributed by atoms with Crippen LogP contribution in [0.5, 0.6) is 0 Å². The van der Waals surface area contributed by atoms with Gasteiger partial charge in [-0.1, -0.05) is 182 Å². The van der Waals surface area contributed by atoms with Crippen molar-refractivity contribution in [3.8, 4) is 44.5 Å². The van der Waals surface area contributed by atoms with Gasteiger partial charge in [-0.2, -0.15) is 0 Å². The van der Waals surface area contributed by atoms with E-state index < -0.39 is 0 Å². The molecule has 0 aliphatic heterocycles. The lowest BCUT2D eigenvalue weighted by Crippen LogP contribution is -1.93. The van der Waals surface area contributed by atoms with Crippen molar-refractivity contribution in [2.75, 3.05) is 0 Å². The minimum absolute atomic E-state index is 1.23. The molecule has 0 heteroatoms. The molecule has 0 N–H and O–H groups in total. The number of hydrogen-bond acceptors (Lipinski definition) is 0. The summed E-state index contributed by atoms with van der Waals surface area (Å²) in [6.07, 6.45) is 0. The molecule has 0 aromatic heterocycles. The number of hydrogen-bond donors (Lipinski definition) is 0. The first kappa shape index (κ1) is 26.4. The lowest BCUT2D eigenvalue weighted by Gasteiger charge is -2.21. The molecule has 0 atom stereocenters. The van der Waals surface area contributed by atoms with E-state index in [2.05, 4.69) is 182 Å². The van der Waals surface area contributed by atoms with Crippen LogP contribution in [-0.4, -0.2) is 0 Å². The van der Waals surface area contributed by atoms with Gasteiger partial charge in [0.15, 0.2) is 0 Å². The quantitative estimate of drug-likeness (QED) is 0.143. The van der Waals surface area contributed by atoms with E-state index in [0.29, 0.717) is 0 Å². The molecule has 0 unspecified atom stereocenters. The maximum absolute atomic E-state index is 2.32. The van der Waals surface area contributed by atoms with E-state index in [9.17, 15) is 0 Å². The molecule has 0 heterocycles. The summed E-state index contributed by atoms with van der Waals surface area (Å²) in [6, 6.07) is 66.4. The number of fused-ring (bicyclic) bond motifs is 5. The van der Waals surface area contributed by atoms with Crippen molar-refractivity contribution in [2.24, 2.45) is 0 Å². The largest absolute Gasteiger partial charge is 0.0622 e. The Bertz CT molecular complexity index is 2500. The van der Waals surface area contributed by atoms with Crippen molar-refractivity contribution < 1.29 is 0 Å². The topological polar surface area (TPSA) is 0 Å². The van der Waals surface area contributed by atoms with Crippen LogP contribution in [0.3, 0.4) is 0 Å². The van der Waals surface area contributed by atoms with E-state index in [1.165, 1.54) is 87.6 Å². The molecule has 0 fully saturated rings. The van der Waals surface area contributed by atoms with Crippen molar-refractivity contribution >= 4 is 43.1 Å². The summed E-state index contributed by atoms with van der Waals surface area (Å²) in [6.45, 7) is 0. The highest BCUT2D eigenvalue weighted by Gasteiger charge is 2.20. The van der Waals surface area contributed by atoms with E-state index >= 15 is 0 Å². The molecule has 0 nitrogen and oxygen atoms in total. The summed E-state index contributed by atoms with van der Waals surface area (Å²) in [5, 5.41) is 10.2. The SMILES string of the molecule is c1ccc(-c2ccccc2-c2c3ccccc3c(-c3cccc4c3ccc3cccc(-c5ccccc5)c34)c3ccccc23)cc1. The predicted molar refractivity (Wildman–Crippen MR) is 198 cm³/mol. The van der Waals surface area contributed by atoms with Crippen LogP contribution in [0, 0.1) is 0 Å². The normalized spacial score (nSPS) is 11.5. The summed E-state index contributed by atoms with van der Waals surface area (Å²) in [5.41, 5.74) is 10.1. The Morgan fingerprint density at radius 1 is 0.217 bits per heavy atom. The molecule has 9 aromatic carbocycles. The van der Waals surface area contributed by atoms with Gasteiger partial charge in [-0.15, -0.1) is 0 Å². The van der Waals surface area contributed by atoms with Gasteiger partial charge in [0.1, 0.15) is 0 Å².